The number of para-hydroxylation sites is 1. The Balaban J connectivity index is 1.78. The van der Waals surface area contributed by atoms with Gasteiger partial charge in [0.1, 0.15) is 12.1 Å². The number of carbonyl (C=O) groups excluding carboxylic acids is 1. The average molecular weight is 710 g/mol. The number of fused-ring (bicyclic) bond motifs is 3. The second-order valence-corrected chi connectivity index (χ2v) is 13.1. The summed E-state index contributed by atoms with van der Waals surface area (Å²) in [6.45, 7) is 1.76. The third kappa shape index (κ3) is 7.15. The molecule has 5 aromatic rings. The van der Waals surface area contributed by atoms with Crippen molar-refractivity contribution >= 4 is 37.8 Å². The topological polar surface area (TPSA) is 120 Å². The lowest BCUT2D eigenvalue weighted by Crippen LogP contribution is -2.53. The predicted molar refractivity (Wildman–Crippen MR) is 169 cm³/mol. The molecule has 9 nitrogen and oxygen atoms in total. The van der Waals surface area contributed by atoms with Crippen LogP contribution in [0.1, 0.15) is 19.4 Å². The molecule has 3 aromatic carbocycles. The number of aliphatic hydroxyl groups is 1. The molecule has 0 radical (unpaired) electrons. The minimum atomic E-state index is -6.14. The minimum absolute atomic E-state index is 0.124. The summed E-state index contributed by atoms with van der Waals surface area (Å²) >= 11 is 0. The van der Waals surface area contributed by atoms with Gasteiger partial charge in [-0.3, -0.25) is 14.2 Å². The number of nitrogens with one attached hydrogen (secondary N) is 1. The van der Waals surface area contributed by atoms with Crippen molar-refractivity contribution in [2.24, 2.45) is 5.92 Å². The van der Waals surface area contributed by atoms with Gasteiger partial charge in [-0.2, -0.15) is 34.8 Å². The Morgan fingerprint density at radius 3 is 2.04 bits per heavy atom. The molecule has 0 fully saturated rings. The molecule has 2 heterocycles. The third-order valence-electron chi connectivity index (χ3n) is 7.86. The largest absolute Gasteiger partial charge is 0.534 e. The van der Waals surface area contributed by atoms with Gasteiger partial charge in [0, 0.05) is 17.3 Å². The summed E-state index contributed by atoms with van der Waals surface area (Å²) in [6.07, 6.45) is -7.95. The number of carbonyl (C=O) groups is 1. The van der Waals surface area contributed by atoms with Crippen LogP contribution in [0.4, 0.5) is 26.3 Å². The van der Waals surface area contributed by atoms with E-state index >= 15 is 0 Å². The van der Waals surface area contributed by atoms with Gasteiger partial charge in [-0.05, 0) is 29.2 Å². The highest BCUT2D eigenvalue weighted by Gasteiger charge is 2.49. The summed E-state index contributed by atoms with van der Waals surface area (Å²) in [4.78, 5) is 27.8. The first-order chi connectivity index (χ1) is 22.9. The zero-order valence-corrected chi connectivity index (χ0v) is 26.6. The van der Waals surface area contributed by atoms with E-state index in [-0.39, 0.29) is 34.0 Å². The maximum Gasteiger partial charge on any atom is 0.534 e. The Bertz CT molecular complexity index is 2160. The van der Waals surface area contributed by atoms with E-state index in [4.69, 9.17) is 0 Å². The second-order valence-electron chi connectivity index (χ2n) is 11.6. The standard InChI is InChI=1S/C33H29F6N3O6S/c1-19(2)27(30(44)32(34,35)36)40-26(43)18-41-24(21-12-7-4-8-13-21)16-23-22-14-9-15-25(48-49(46,47)33(37,38)39)28(22)42(29(23)31(41)45)17-20-10-5-3-6-11-20/h3-16,19,27,30,44H,17-18H2,1-2H3,(H,40,43). The van der Waals surface area contributed by atoms with Crippen molar-refractivity contribution < 1.29 is 48.8 Å². The first-order valence-corrected chi connectivity index (χ1v) is 16.1. The normalized spacial score (nSPS) is 13.9. The highest BCUT2D eigenvalue weighted by Crippen LogP contribution is 2.38. The number of amides is 1. The molecule has 16 heteroatoms. The molecule has 49 heavy (non-hydrogen) atoms. The van der Waals surface area contributed by atoms with Crippen LogP contribution in [0.15, 0.2) is 89.7 Å². The van der Waals surface area contributed by atoms with Crippen LogP contribution in [0.3, 0.4) is 0 Å². The Kier molecular flexibility index (Phi) is 9.58. The Labute approximate surface area is 275 Å². The number of aliphatic hydroxyl groups excluding tert-OH is 1. The Morgan fingerprint density at radius 1 is 0.857 bits per heavy atom. The fraction of sp³-hybridized carbons (Fsp3) is 0.273. The minimum Gasteiger partial charge on any atom is -0.382 e. The summed E-state index contributed by atoms with van der Waals surface area (Å²) in [6, 6.07) is 20.0. The van der Waals surface area contributed by atoms with Crippen LogP contribution < -0.4 is 15.1 Å². The van der Waals surface area contributed by atoms with Gasteiger partial charge in [0.15, 0.2) is 11.9 Å². The zero-order valence-electron chi connectivity index (χ0n) is 25.8. The molecule has 0 saturated carbocycles. The third-order valence-corrected chi connectivity index (χ3v) is 8.83. The quantitative estimate of drug-likeness (QED) is 0.105. The second kappa shape index (κ2) is 13.2. The predicted octanol–water partition coefficient (Wildman–Crippen LogP) is 5.96. The monoisotopic (exact) mass is 709 g/mol. The average Bonchev–Trinajstić information content (AvgIpc) is 3.34. The van der Waals surface area contributed by atoms with Gasteiger partial charge in [0.05, 0.1) is 17.3 Å². The van der Waals surface area contributed by atoms with Crippen LogP contribution in [0.2, 0.25) is 0 Å². The van der Waals surface area contributed by atoms with Crippen molar-refractivity contribution in [3.05, 3.63) is 101 Å². The van der Waals surface area contributed by atoms with Gasteiger partial charge in [0.25, 0.3) is 5.56 Å². The van der Waals surface area contributed by atoms with E-state index in [9.17, 15) is 49.5 Å². The van der Waals surface area contributed by atoms with Crippen molar-refractivity contribution in [1.29, 1.82) is 0 Å². The molecular formula is C33H29F6N3O6S. The summed E-state index contributed by atoms with van der Waals surface area (Å²) in [5.74, 6) is -2.62. The first-order valence-electron chi connectivity index (χ1n) is 14.7. The molecule has 2 atom stereocenters. The number of rotatable bonds is 10. The summed E-state index contributed by atoms with van der Waals surface area (Å²) in [5.41, 5.74) is -5.85. The molecule has 2 N–H and O–H groups in total. The smallest absolute Gasteiger partial charge is 0.382 e. The fourth-order valence-electron chi connectivity index (χ4n) is 5.58. The number of pyridine rings is 1. The van der Waals surface area contributed by atoms with Crippen LogP contribution in [0.25, 0.3) is 33.1 Å². The van der Waals surface area contributed by atoms with E-state index < -0.39 is 63.6 Å². The van der Waals surface area contributed by atoms with Crippen LogP contribution in [-0.4, -0.2) is 52.4 Å². The number of hydrogen-bond donors (Lipinski definition) is 2. The molecule has 1 amide bonds. The van der Waals surface area contributed by atoms with Gasteiger partial charge in [0.2, 0.25) is 5.91 Å². The molecule has 260 valence electrons. The van der Waals surface area contributed by atoms with E-state index in [2.05, 4.69) is 9.50 Å². The van der Waals surface area contributed by atoms with Gasteiger partial charge >= 0.3 is 21.8 Å². The molecule has 0 aliphatic carbocycles. The highest BCUT2D eigenvalue weighted by atomic mass is 32.2. The van der Waals surface area contributed by atoms with Crippen molar-refractivity contribution in [3.8, 4) is 17.0 Å². The molecule has 2 aromatic heterocycles. The molecule has 0 aliphatic heterocycles. The SMILES string of the molecule is CC(C)C(NC(=O)Cn1c(-c2ccccc2)cc2c3cccc(OS(=O)(=O)C(F)(F)F)c3n(Cc3ccccc3)c2c1=O)C(O)C(F)(F)F. The van der Waals surface area contributed by atoms with Crippen molar-refractivity contribution in [2.45, 2.75) is 50.8 Å². The first kappa shape index (κ1) is 35.5. The number of benzene rings is 3. The molecular weight excluding hydrogens is 680 g/mol. The van der Waals surface area contributed by atoms with Gasteiger partial charge < -0.3 is 19.2 Å². The van der Waals surface area contributed by atoms with E-state index in [0.29, 0.717) is 11.1 Å². The molecule has 2 unspecified atom stereocenters. The summed E-state index contributed by atoms with van der Waals surface area (Å²) < 4.78 is 112. The number of alkyl halides is 6. The van der Waals surface area contributed by atoms with Crippen molar-refractivity contribution in [3.63, 3.8) is 0 Å². The molecule has 0 spiro atoms. The fourth-order valence-corrected chi connectivity index (χ4v) is 6.05. The van der Waals surface area contributed by atoms with Crippen LogP contribution in [-0.2, 0) is 28.0 Å². The number of nitrogens with zero attached hydrogens (tertiary/aromatic N) is 2. The van der Waals surface area contributed by atoms with Gasteiger partial charge in [-0.15, -0.1) is 0 Å². The van der Waals surface area contributed by atoms with Gasteiger partial charge in [-0.25, -0.2) is 0 Å². The number of aromatic nitrogens is 2. The molecule has 5 rings (SSSR count). The molecule has 0 saturated heterocycles. The lowest BCUT2D eigenvalue weighted by molar-refractivity contribution is -0.215. The van der Waals surface area contributed by atoms with Crippen LogP contribution in [0.5, 0.6) is 5.75 Å². The summed E-state index contributed by atoms with van der Waals surface area (Å²) in [7, 11) is -6.14. The molecule has 0 bridgehead atoms. The van der Waals surface area contributed by atoms with Crippen LogP contribution in [0, 0.1) is 5.92 Å². The van der Waals surface area contributed by atoms with Crippen molar-refractivity contribution in [1.82, 2.24) is 14.5 Å². The Morgan fingerprint density at radius 2 is 1.47 bits per heavy atom. The van der Waals surface area contributed by atoms with Crippen molar-refractivity contribution in [2.75, 3.05) is 0 Å². The lowest BCUT2D eigenvalue weighted by atomic mass is 9.98. The number of hydrogen-bond acceptors (Lipinski definition) is 6. The van der Waals surface area contributed by atoms with Gasteiger partial charge in [-0.1, -0.05) is 86.6 Å². The maximum absolute atomic E-state index is 14.5. The highest BCUT2D eigenvalue weighted by molar-refractivity contribution is 7.88. The van der Waals surface area contributed by atoms with E-state index in [1.54, 1.807) is 60.7 Å². The molecule has 0 aliphatic rings. The Hall–Kier alpha value is -4.83. The van der Waals surface area contributed by atoms with E-state index in [1.165, 1.54) is 36.6 Å². The number of halogens is 6. The van der Waals surface area contributed by atoms with Crippen LogP contribution >= 0.6 is 0 Å². The van der Waals surface area contributed by atoms with E-state index in [0.717, 1.165) is 10.6 Å². The lowest BCUT2D eigenvalue weighted by Gasteiger charge is -2.29. The zero-order chi connectivity index (χ0) is 35.9. The van der Waals surface area contributed by atoms with E-state index in [1.807, 2.05) is 0 Å². The summed E-state index contributed by atoms with van der Waals surface area (Å²) in [5, 5.41) is 12.5. The maximum atomic E-state index is 14.5.